The summed E-state index contributed by atoms with van der Waals surface area (Å²) in [7, 11) is 1.31. The Morgan fingerprint density at radius 3 is 2.68 bits per heavy atom. The molecule has 3 heterocycles. The first-order valence-electron chi connectivity index (χ1n) is 14.0. The quantitative estimate of drug-likeness (QED) is 0.243. The number of benzene rings is 2. The highest BCUT2D eigenvalue weighted by Crippen LogP contribution is 2.44. The van der Waals surface area contributed by atoms with E-state index in [9.17, 15) is 19.2 Å². The number of carbonyl (C=O) groups excluding carboxylic acids is 4. The average molecular weight is 647 g/mol. The van der Waals surface area contributed by atoms with Gasteiger partial charge in [-0.05, 0) is 42.3 Å². The second-order valence-electron chi connectivity index (χ2n) is 10.4. The number of nitrogens with one attached hydrogen (secondary N) is 2. The number of esters is 1. The number of hydrogen-bond acceptors (Lipinski definition) is 8. The van der Waals surface area contributed by atoms with Crippen LogP contribution in [-0.2, 0) is 27.3 Å². The van der Waals surface area contributed by atoms with Crippen LogP contribution >= 0.6 is 34.9 Å². The summed E-state index contributed by atoms with van der Waals surface area (Å²) >= 11 is 4.38. The van der Waals surface area contributed by atoms with Crippen LogP contribution in [0, 0.1) is 0 Å². The zero-order valence-electron chi connectivity index (χ0n) is 24.1. The lowest BCUT2D eigenvalue weighted by molar-refractivity contribution is -0.129. The second kappa shape index (κ2) is 12.9. The van der Waals surface area contributed by atoms with Crippen molar-refractivity contribution >= 4 is 75.1 Å². The highest BCUT2D eigenvalue weighted by atomic mass is 32.2. The van der Waals surface area contributed by atoms with E-state index in [4.69, 9.17) is 4.74 Å². The summed E-state index contributed by atoms with van der Waals surface area (Å²) in [4.78, 5) is 57.4. The van der Waals surface area contributed by atoms with Crippen LogP contribution in [-0.4, -0.2) is 59.4 Å². The maximum Gasteiger partial charge on any atom is 0.341 e. The van der Waals surface area contributed by atoms with Gasteiger partial charge in [-0.25, -0.2) is 9.59 Å². The zero-order valence-corrected chi connectivity index (χ0v) is 26.5. The summed E-state index contributed by atoms with van der Waals surface area (Å²) in [5.41, 5.74) is 2.68. The third-order valence-corrected chi connectivity index (χ3v) is 11.0. The van der Waals surface area contributed by atoms with Gasteiger partial charge in [-0.3, -0.25) is 14.5 Å². The molecule has 0 saturated heterocycles. The lowest BCUT2D eigenvalue weighted by Gasteiger charge is -2.40. The molecule has 9 nitrogen and oxygen atoms in total. The fourth-order valence-electron chi connectivity index (χ4n) is 5.46. The molecular weight excluding hydrogens is 617 g/mol. The number of fused-ring (bicyclic) bond motifs is 3. The van der Waals surface area contributed by atoms with Gasteiger partial charge in [0.05, 0.1) is 42.0 Å². The summed E-state index contributed by atoms with van der Waals surface area (Å²) in [5.74, 6) is -0.720. The van der Waals surface area contributed by atoms with E-state index in [1.807, 2.05) is 66.8 Å². The van der Waals surface area contributed by atoms with Crippen molar-refractivity contribution in [1.29, 1.82) is 0 Å². The third-order valence-electron chi connectivity index (χ3n) is 7.56. The van der Waals surface area contributed by atoms with Gasteiger partial charge in [0, 0.05) is 33.8 Å². The Kier molecular flexibility index (Phi) is 8.83. The van der Waals surface area contributed by atoms with Gasteiger partial charge >= 0.3 is 12.0 Å². The molecule has 2 atom stereocenters. The molecule has 0 spiro atoms. The van der Waals surface area contributed by atoms with E-state index in [-0.39, 0.29) is 34.9 Å². The first-order valence-corrected chi connectivity index (χ1v) is 16.7. The number of para-hydroxylation sites is 1. The van der Waals surface area contributed by atoms with Gasteiger partial charge in [0.25, 0.3) is 0 Å². The Balaban J connectivity index is 1.12. The van der Waals surface area contributed by atoms with E-state index in [1.54, 1.807) is 21.6 Å². The monoisotopic (exact) mass is 646 g/mol. The number of urea groups is 1. The molecule has 12 heteroatoms. The number of anilines is 3. The summed E-state index contributed by atoms with van der Waals surface area (Å²) in [6.45, 7) is 2.43. The molecule has 1 aromatic heterocycles. The van der Waals surface area contributed by atoms with Crippen LogP contribution in [0.15, 0.2) is 82.6 Å². The van der Waals surface area contributed by atoms with Crippen LogP contribution in [0.4, 0.5) is 21.2 Å². The molecule has 2 aliphatic heterocycles. The molecule has 0 radical (unpaired) electrons. The summed E-state index contributed by atoms with van der Waals surface area (Å²) < 4.78 is 5.01. The maximum absolute atomic E-state index is 13.6. The molecule has 0 fully saturated rings. The summed E-state index contributed by atoms with van der Waals surface area (Å²) in [6.07, 6.45) is 8.68. The van der Waals surface area contributed by atoms with Crippen molar-refractivity contribution in [3.63, 3.8) is 0 Å². The topological polar surface area (TPSA) is 108 Å². The van der Waals surface area contributed by atoms with Gasteiger partial charge in [-0.15, -0.1) is 34.9 Å². The van der Waals surface area contributed by atoms with Crippen molar-refractivity contribution in [3.8, 4) is 0 Å². The average Bonchev–Trinajstić information content (AvgIpc) is 3.39. The normalized spacial score (nSPS) is 18.1. The van der Waals surface area contributed by atoms with Crippen molar-refractivity contribution in [2.75, 3.05) is 34.9 Å². The molecule has 0 bridgehead atoms. The Hall–Kier alpha value is -4.00. The van der Waals surface area contributed by atoms with Crippen LogP contribution in [0.3, 0.4) is 0 Å². The molecular formula is C32H30N4O5S3. The molecule has 226 valence electrons. The van der Waals surface area contributed by atoms with Crippen LogP contribution in [0.5, 0.6) is 0 Å². The molecule has 2 unspecified atom stereocenters. The van der Waals surface area contributed by atoms with Gasteiger partial charge in [0.15, 0.2) is 0 Å². The van der Waals surface area contributed by atoms with Crippen molar-refractivity contribution in [2.24, 2.45) is 0 Å². The second-order valence-corrected chi connectivity index (χ2v) is 13.7. The van der Waals surface area contributed by atoms with Gasteiger partial charge in [0.2, 0.25) is 11.8 Å². The standard InChI is InChI=1S/C32H30N4O5S3/c1-19(37)35-15-14-22-27(17-35)44-30(29(22)31(39)41-2)34-28(38)18-42-21-9-7-8-20(16-21)33-32(40)36-23-10-3-5-12-25(23)43-26-13-6-4-11-24(26)36/h3-13,16,23,25H,14-15,17-18H2,1-2H3,(H,33,40)(H,34,38). The number of thioether (sulfide) groups is 2. The SMILES string of the molecule is COC(=O)c1c(NC(=O)CSc2cccc(NC(=O)N3c4ccccc4SC4C=CC=CC43)c2)sc2c1CCN(C(C)=O)C2. The lowest BCUT2D eigenvalue weighted by atomic mass is 10.0. The van der Waals surface area contributed by atoms with Gasteiger partial charge in [0.1, 0.15) is 5.00 Å². The van der Waals surface area contributed by atoms with E-state index >= 15 is 0 Å². The van der Waals surface area contributed by atoms with E-state index in [1.165, 1.54) is 37.1 Å². The van der Waals surface area contributed by atoms with Crippen LogP contribution in [0.2, 0.25) is 0 Å². The number of rotatable bonds is 6. The van der Waals surface area contributed by atoms with E-state index in [0.29, 0.717) is 35.8 Å². The minimum Gasteiger partial charge on any atom is -0.465 e. The van der Waals surface area contributed by atoms with Crippen molar-refractivity contribution in [1.82, 2.24) is 4.90 Å². The Bertz CT molecular complexity index is 1700. The Morgan fingerprint density at radius 2 is 1.86 bits per heavy atom. The van der Waals surface area contributed by atoms with Gasteiger partial charge in [-0.2, -0.15) is 0 Å². The Labute approximate surface area is 267 Å². The van der Waals surface area contributed by atoms with E-state index in [0.717, 1.165) is 25.9 Å². The maximum atomic E-state index is 13.6. The largest absolute Gasteiger partial charge is 0.465 e. The number of thiophene rings is 1. The lowest BCUT2D eigenvalue weighted by Crippen LogP contribution is -2.49. The van der Waals surface area contributed by atoms with Crippen molar-refractivity contribution < 1.29 is 23.9 Å². The predicted octanol–water partition coefficient (Wildman–Crippen LogP) is 6.18. The van der Waals surface area contributed by atoms with E-state index < -0.39 is 5.97 Å². The van der Waals surface area contributed by atoms with Gasteiger partial charge < -0.3 is 20.3 Å². The number of nitrogens with zero attached hydrogens (tertiary/aromatic N) is 2. The predicted molar refractivity (Wildman–Crippen MR) is 176 cm³/mol. The molecule has 44 heavy (non-hydrogen) atoms. The number of ether oxygens (including phenoxy) is 1. The number of hydrogen-bond donors (Lipinski definition) is 2. The summed E-state index contributed by atoms with van der Waals surface area (Å²) in [6, 6.07) is 15.0. The minimum absolute atomic E-state index is 0.0315. The van der Waals surface area contributed by atoms with Crippen molar-refractivity contribution in [2.45, 2.75) is 41.0 Å². The molecule has 3 aliphatic rings. The highest BCUT2D eigenvalue weighted by molar-refractivity contribution is 8.00. The number of allylic oxidation sites excluding steroid dienone is 2. The number of methoxy groups -OCH3 is 1. The molecule has 3 aromatic rings. The van der Waals surface area contributed by atoms with Crippen LogP contribution < -0.4 is 15.5 Å². The molecule has 0 saturated carbocycles. The van der Waals surface area contributed by atoms with E-state index in [2.05, 4.69) is 16.7 Å². The molecule has 2 aromatic carbocycles. The molecule has 6 rings (SSSR count). The molecule has 1 aliphatic carbocycles. The molecule has 4 amide bonds. The fourth-order valence-corrected chi connectivity index (χ4v) is 8.74. The fraction of sp³-hybridized carbons (Fsp3) is 0.250. The number of carbonyl (C=O) groups is 4. The minimum atomic E-state index is -0.508. The third kappa shape index (κ3) is 6.15. The zero-order chi connectivity index (χ0) is 30.8. The first kappa shape index (κ1) is 30.0. The first-order chi connectivity index (χ1) is 21.3. The van der Waals surface area contributed by atoms with Crippen LogP contribution in [0.25, 0.3) is 0 Å². The van der Waals surface area contributed by atoms with Crippen LogP contribution in [0.1, 0.15) is 27.7 Å². The summed E-state index contributed by atoms with van der Waals surface area (Å²) in [5, 5.41) is 6.50. The number of amides is 4. The highest BCUT2D eigenvalue weighted by Gasteiger charge is 2.36. The molecule has 2 N–H and O–H groups in total. The Morgan fingerprint density at radius 1 is 1.05 bits per heavy atom. The smallest absolute Gasteiger partial charge is 0.341 e. The van der Waals surface area contributed by atoms with Gasteiger partial charge in [-0.1, -0.05) is 42.5 Å². The van der Waals surface area contributed by atoms with Crippen molar-refractivity contribution in [3.05, 3.63) is 88.8 Å².